The fourth-order valence-electron chi connectivity index (χ4n) is 2.82. The number of hydrogen-bond acceptors (Lipinski definition) is 5. The third-order valence-electron chi connectivity index (χ3n) is 4.22. The second-order valence-electron chi connectivity index (χ2n) is 5.91. The smallest absolute Gasteiger partial charge is 0.254 e. The van der Waals surface area contributed by atoms with Crippen molar-refractivity contribution in [3.05, 3.63) is 54.0 Å². The Balaban J connectivity index is 2.06. The number of aliphatic hydroxyl groups excluding tert-OH is 1. The summed E-state index contributed by atoms with van der Waals surface area (Å²) in [5.41, 5.74) is 2.20. The van der Waals surface area contributed by atoms with Gasteiger partial charge in [-0.05, 0) is 25.3 Å². The Morgan fingerprint density at radius 2 is 2.04 bits per heavy atom. The molecule has 0 bridgehead atoms. The van der Waals surface area contributed by atoms with E-state index in [4.69, 9.17) is 0 Å². The van der Waals surface area contributed by atoms with E-state index in [9.17, 15) is 5.11 Å². The summed E-state index contributed by atoms with van der Waals surface area (Å²) >= 11 is 0. The quantitative estimate of drug-likeness (QED) is 0.723. The Kier molecular flexibility index (Phi) is 5.05. The van der Waals surface area contributed by atoms with Crippen molar-refractivity contribution in [1.29, 1.82) is 0 Å². The molecule has 1 unspecified atom stereocenters. The van der Waals surface area contributed by atoms with Crippen molar-refractivity contribution in [2.24, 2.45) is 0 Å². The van der Waals surface area contributed by atoms with Crippen LogP contribution in [0.2, 0.25) is 0 Å². The predicted octanol–water partition coefficient (Wildman–Crippen LogP) is 2.46. The highest BCUT2D eigenvalue weighted by Gasteiger charge is 2.19. The zero-order chi connectivity index (χ0) is 16.9. The first-order valence-corrected chi connectivity index (χ1v) is 8.34. The fourth-order valence-corrected chi connectivity index (χ4v) is 2.82. The highest BCUT2D eigenvalue weighted by atomic mass is 16.3. The largest absolute Gasteiger partial charge is 0.396 e. The molecule has 0 radical (unpaired) electrons. The molecule has 0 aliphatic rings. The second kappa shape index (κ2) is 7.40. The molecule has 0 aliphatic heterocycles. The van der Waals surface area contributed by atoms with Crippen LogP contribution in [0.5, 0.6) is 0 Å². The lowest BCUT2D eigenvalue weighted by atomic mass is 10.1. The Labute approximate surface area is 141 Å². The van der Waals surface area contributed by atoms with Crippen molar-refractivity contribution < 1.29 is 5.11 Å². The number of aliphatic hydroxyl groups is 1. The van der Waals surface area contributed by atoms with E-state index >= 15 is 0 Å². The molecule has 0 amide bonds. The number of aromatic nitrogens is 4. The van der Waals surface area contributed by atoms with Crippen molar-refractivity contribution in [1.82, 2.24) is 19.6 Å². The molecular weight excluding hydrogens is 302 g/mol. The van der Waals surface area contributed by atoms with Gasteiger partial charge in [0.15, 0.2) is 0 Å². The lowest BCUT2D eigenvalue weighted by Gasteiger charge is -2.31. The van der Waals surface area contributed by atoms with Crippen LogP contribution in [0.1, 0.15) is 31.5 Å². The van der Waals surface area contributed by atoms with Gasteiger partial charge in [0.05, 0.1) is 0 Å². The van der Waals surface area contributed by atoms with Crippen LogP contribution in [-0.2, 0) is 13.0 Å². The maximum atomic E-state index is 9.40. The third kappa shape index (κ3) is 3.38. The number of hydrogen-bond donors (Lipinski definition) is 1. The Bertz CT molecular complexity index is 786. The Morgan fingerprint density at radius 3 is 2.75 bits per heavy atom. The molecule has 0 saturated carbocycles. The molecule has 2 aromatic heterocycles. The molecule has 0 spiro atoms. The molecular formula is C18H23N5O. The van der Waals surface area contributed by atoms with E-state index in [-0.39, 0.29) is 12.6 Å². The van der Waals surface area contributed by atoms with Gasteiger partial charge in [0.2, 0.25) is 0 Å². The highest BCUT2D eigenvalue weighted by Crippen LogP contribution is 2.23. The zero-order valence-corrected chi connectivity index (χ0v) is 14.1. The first kappa shape index (κ1) is 16.4. The van der Waals surface area contributed by atoms with Crippen LogP contribution >= 0.6 is 0 Å². The molecule has 1 N–H and O–H groups in total. The minimum atomic E-state index is 0.151. The van der Waals surface area contributed by atoms with E-state index < -0.39 is 0 Å². The molecule has 1 atom stereocenters. The van der Waals surface area contributed by atoms with Gasteiger partial charge in [-0.3, -0.25) is 0 Å². The van der Waals surface area contributed by atoms with Crippen LogP contribution in [-0.4, -0.2) is 37.3 Å². The lowest BCUT2D eigenvalue weighted by molar-refractivity contribution is 0.275. The molecule has 6 nitrogen and oxygen atoms in total. The second-order valence-corrected chi connectivity index (χ2v) is 5.91. The summed E-state index contributed by atoms with van der Waals surface area (Å²) < 4.78 is 1.77. The van der Waals surface area contributed by atoms with E-state index in [0.29, 0.717) is 12.2 Å². The first-order valence-electron chi connectivity index (χ1n) is 8.34. The molecule has 0 fully saturated rings. The standard InChI is InChI=1S/C18H23N5O/c1-3-16-11-17(23-18(21-16)19-13-20-23)22(14(2)9-10-24)12-15-7-5-4-6-8-15/h4-8,11,13-14,24H,3,9-10,12H2,1-2H3. The SMILES string of the molecule is CCc1cc(N(Cc2ccccc2)C(C)CCO)n2ncnc2n1. The zero-order valence-electron chi connectivity index (χ0n) is 14.1. The van der Waals surface area contributed by atoms with Crippen molar-refractivity contribution >= 4 is 11.6 Å². The molecule has 2 heterocycles. The Hall–Kier alpha value is -2.47. The van der Waals surface area contributed by atoms with Gasteiger partial charge in [-0.25, -0.2) is 4.98 Å². The molecule has 3 rings (SSSR count). The Morgan fingerprint density at radius 1 is 1.25 bits per heavy atom. The van der Waals surface area contributed by atoms with E-state index in [2.05, 4.69) is 52.0 Å². The van der Waals surface area contributed by atoms with Crippen LogP contribution in [0.3, 0.4) is 0 Å². The maximum absolute atomic E-state index is 9.40. The van der Waals surface area contributed by atoms with Gasteiger partial charge in [-0.15, -0.1) is 0 Å². The van der Waals surface area contributed by atoms with Gasteiger partial charge in [0, 0.05) is 31.0 Å². The topological polar surface area (TPSA) is 66.5 Å². The number of anilines is 1. The summed E-state index contributed by atoms with van der Waals surface area (Å²) in [6.07, 6.45) is 3.05. The number of fused-ring (bicyclic) bond motifs is 1. The molecule has 126 valence electrons. The fraction of sp³-hybridized carbons (Fsp3) is 0.389. The van der Waals surface area contributed by atoms with Crippen LogP contribution in [0.25, 0.3) is 5.78 Å². The van der Waals surface area contributed by atoms with Crippen molar-refractivity contribution in [2.45, 2.75) is 39.3 Å². The number of benzene rings is 1. The van der Waals surface area contributed by atoms with Gasteiger partial charge < -0.3 is 10.0 Å². The first-order chi connectivity index (χ1) is 11.7. The number of aryl methyl sites for hydroxylation is 1. The van der Waals surface area contributed by atoms with Crippen molar-refractivity contribution in [3.8, 4) is 0 Å². The molecule has 0 aliphatic carbocycles. The third-order valence-corrected chi connectivity index (χ3v) is 4.22. The van der Waals surface area contributed by atoms with Gasteiger partial charge in [0.1, 0.15) is 12.1 Å². The van der Waals surface area contributed by atoms with Crippen LogP contribution in [0, 0.1) is 0 Å². The molecule has 6 heteroatoms. The summed E-state index contributed by atoms with van der Waals surface area (Å²) in [6.45, 7) is 5.09. The van der Waals surface area contributed by atoms with Crippen LogP contribution in [0.4, 0.5) is 5.82 Å². The molecule has 24 heavy (non-hydrogen) atoms. The summed E-state index contributed by atoms with van der Waals surface area (Å²) in [5.74, 6) is 1.57. The van der Waals surface area contributed by atoms with Gasteiger partial charge in [-0.1, -0.05) is 37.3 Å². The van der Waals surface area contributed by atoms with Gasteiger partial charge in [0.25, 0.3) is 5.78 Å². The minimum Gasteiger partial charge on any atom is -0.396 e. The summed E-state index contributed by atoms with van der Waals surface area (Å²) in [5, 5.41) is 13.7. The minimum absolute atomic E-state index is 0.151. The van der Waals surface area contributed by atoms with Crippen molar-refractivity contribution in [2.75, 3.05) is 11.5 Å². The van der Waals surface area contributed by atoms with E-state index in [0.717, 1.165) is 24.5 Å². The highest BCUT2D eigenvalue weighted by molar-refractivity contribution is 5.48. The van der Waals surface area contributed by atoms with Gasteiger partial charge in [-0.2, -0.15) is 14.6 Å². The monoisotopic (exact) mass is 325 g/mol. The van der Waals surface area contributed by atoms with E-state index in [1.54, 1.807) is 4.52 Å². The summed E-state index contributed by atoms with van der Waals surface area (Å²) in [7, 11) is 0. The summed E-state index contributed by atoms with van der Waals surface area (Å²) in [4.78, 5) is 11.0. The van der Waals surface area contributed by atoms with E-state index in [1.807, 2.05) is 18.2 Å². The lowest BCUT2D eigenvalue weighted by Crippen LogP contribution is -2.35. The normalized spacial score (nSPS) is 12.5. The van der Waals surface area contributed by atoms with Crippen molar-refractivity contribution in [3.63, 3.8) is 0 Å². The average molecular weight is 325 g/mol. The molecule has 1 aromatic carbocycles. The average Bonchev–Trinajstić information content (AvgIpc) is 3.08. The maximum Gasteiger partial charge on any atom is 0.254 e. The van der Waals surface area contributed by atoms with Gasteiger partial charge >= 0.3 is 0 Å². The predicted molar refractivity (Wildman–Crippen MR) is 93.9 cm³/mol. The molecule has 3 aromatic rings. The summed E-state index contributed by atoms with van der Waals surface area (Å²) in [6, 6.07) is 12.5. The van der Waals surface area contributed by atoms with E-state index in [1.165, 1.54) is 11.9 Å². The van der Waals surface area contributed by atoms with Crippen LogP contribution < -0.4 is 4.90 Å². The number of nitrogens with zero attached hydrogens (tertiary/aromatic N) is 5. The molecule has 0 saturated heterocycles. The van der Waals surface area contributed by atoms with Crippen LogP contribution in [0.15, 0.2) is 42.7 Å². The number of rotatable bonds is 7.